The van der Waals surface area contributed by atoms with Gasteiger partial charge in [0.1, 0.15) is 5.82 Å². The number of hydrazine groups is 1. The number of nitrogens with two attached hydrogens (primary N) is 1. The van der Waals surface area contributed by atoms with E-state index in [0.29, 0.717) is 5.82 Å². The Bertz CT molecular complexity index is 320. The van der Waals surface area contributed by atoms with Gasteiger partial charge in [0, 0.05) is 13.1 Å². The largest absolute Gasteiger partial charge is 0.355 e. The lowest BCUT2D eigenvalue weighted by Crippen LogP contribution is -2.28. The quantitative estimate of drug-likeness (QED) is 0.585. The fraction of sp³-hybridized carbons (Fsp3) is 0.636. The monoisotopic (exact) mass is 221 g/mol. The first-order valence-corrected chi connectivity index (χ1v) is 5.94. The van der Waals surface area contributed by atoms with Crippen molar-refractivity contribution in [1.29, 1.82) is 0 Å². The van der Waals surface area contributed by atoms with Crippen LogP contribution >= 0.6 is 0 Å². The zero-order chi connectivity index (χ0) is 11.2. The molecule has 0 saturated carbocycles. The third-order valence-corrected chi connectivity index (χ3v) is 2.95. The second-order valence-corrected chi connectivity index (χ2v) is 4.16. The fourth-order valence-electron chi connectivity index (χ4n) is 2.05. The Morgan fingerprint density at radius 1 is 1.06 bits per heavy atom. The van der Waals surface area contributed by atoms with Crippen LogP contribution in [0.15, 0.2) is 12.4 Å². The Morgan fingerprint density at radius 3 is 2.44 bits per heavy atom. The highest BCUT2D eigenvalue weighted by atomic mass is 15.3. The van der Waals surface area contributed by atoms with Crippen LogP contribution in [-0.2, 0) is 0 Å². The zero-order valence-electron chi connectivity index (χ0n) is 9.52. The van der Waals surface area contributed by atoms with E-state index in [1.54, 1.807) is 6.20 Å². The highest BCUT2D eigenvalue weighted by molar-refractivity contribution is 5.43. The normalized spacial score (nSPS) is 17.7. The van der Waals surface area contributed by atoms with E-state index in [4.69, 9.17) is 5.84 Å². The van der Waals surface area contributed by atoms with E-state index in [-0.39, 0.29) is 0 Å². The molecule has 5 nitrogen and oxygen atoms in total. The lowest BCUT2D eigenvalue weighted by Gasteiger charge is -2.25. The summed E-state index contributed by atoms with van der Waals surface area (Å²) in [5.41, 5.74) is 2.53. The van der Waals surface area contributed by atoms with Gasteiger partial charge >= 0.3 is 0 Å². The molecule has 1 aromatic rings. The Morgan fingerprint density at radius 2 is 1.75 bits per heavy atom. The molecule has 1 aromatic heterocycles. The van der Waals surface area contributed by atoms with Crippen molar-refractivity contribution in [3.05, 3.63) is 12.4 Å². The molecule has 2 rings (SSSR count). The molecule has 0 aromatic carbocycles. The minimum Gasteiger partial charge on any atom is -0.355 e. The smallest absolute Gasteiger partial charge is 0.160 e. The summed E-state index contributed by atoms with van der Waals surface area (Å²) in [5, 5.41) is 0. The Balaban J connectivity index is 2.07. The van der Waals surface area contributed by atoms with Crippen molar-refractivity contribution >= 4 is 11.6 Å². The van der Waals surface area contributed by atoms with Gasteiger partial charge in [0.2, 0.25) is 0 Å². The standard InChI is InChI=1S/C11H19N5/c12-15-10-8-13-9-11(14-10)16-6-4-2-1-3-5-7-16/h8-9H,1-7,12H2,(H,14,15). The molecule has 0 bridgehead atoms. The summed E-state index contributed by atoms with van der Waals surface area (Å²) in [6.45, 7) is 2.14. The predicted molar refractivity (Wildman–Crippen MR) is 65.1 cm³/mol. The predicted octanol–water partition coefficient (Wildman–Crippen LogP) is 1.53. The number of aromatic nitrogens is 2. The van der Waals surface area contributed by atoms with Gasteiger partial charge in [0.25, 0.3) is 0 Å². The first-order valence-electron chi connectivity index (χ1n) is 5.94. The van der Waals surface area contributed by atoms with Gasteiger partial charge in [0.15, 0.2) is 5.82 Å². The second-order valence-electron chi connectivity index (χ2n) is 4.16. The van der Waals surface area contributed by atoms with Gasteiger partial charge in [-0.25, -0.2) is 10.8 Å². The molecule has 2 heterocycles. The SMILES string of the molecule is NNc1cncc(N2CCCCCCC2)n1. The maximum absolute atomic E-state index is 5.33. The van der Waals surface area contributed by atoms with Crippen molar-refractivity contribution in [3.63, 3.8) is 0 Å². The molecular formula is C11H19N5. The second kappa shape index (κ2) is 5.65. The number of hydrogen-bond donors (Lipinski definition) is 2. The molecule has 1 aliphatic rings. The van der Waals surface area contributed by atoms with E-state index in [1.165, 1.54) is 32.1 Å². The maximum Gasteiger partial charge on any atom is 0.160 e. The lowest BCUT2D eigenvalue weighted by molar-refractivity contribution is 0.553. The summed E-state index contributed by atoms with van der Waals surface area (Å²) < 4.78 is 0. The summed E-state index contributed by atoms with van der Waals surface area (Å²) in [6, 6.07) is 0. The van der Waals surface area contributed by atoms with E-state index >= 15 is 0 Å². The van der Waals surface area contributed by atoms with Crippen LogP contribution in [0.25, 0.3) is 0 Å². The number of hydrogen-bond acceptors (Lipinski definition) is 5. The van der Waals surface area contributed by atoms with Gasteiger partial charge in [-0.2, -0.15) is 0 Å². The number of anilines is 2. The van der Waals surface area contributed by atoms with Crippen LogP contribution < -0.4 is 16.2 Å². The van der Waals surface area contributed by atoms with Crippen molar-refractivity contribution in [1.82, 2.24) is 9.97 Å². The minimum atomic E-state index is 0.625. The molecule has 5 heteroatoms. The van der Waals surface area contributed by atoms with Crippen LogP contribution in [0.5, 0.6) is 0 Å². The lowest BCUT2D eigenvalue weighted by atomic mass is 10.1. The van der Waals surface area contributed by atoms with E-state index in [0.717, 1.165) is 18.9 Å². The molecule has 1 fully saturated rings. The first kappa shape index (κ1) is 11.1. The Kier molecular flexibility index (Phi) is 3.93. The van der Waals surface area contributed by atoms with Gasteiger partial charge in [-0.1, -0.05) is 19.3 Å². The van der Waals surface area contributed by atoms with Crippen LogP contribution in [0.2, 0.25) is 0 Å². The average Bonchev–Trinajstić information content (AvgIpc) is 2.29. The van der Waals surface area contributed by atoms with Crippen molar-refractivity contribution in [2.45, 2.75) is 32.1 Å². The highest BCUT2D eigenvalue weighted by Gasteiger charge is 2.10. The highest BCUT2D eigenvalue weighted by Crippen LogP contribution is 2.17. The molecule has 0 unspecified atom stereocenters. The molecule has 1 saturated heterocycles. The molecule has 3 N–H and O–H groups in total. The molecule has 16 heavy (non-hydrogen) atoms. The third kappa shape index (κ3) is 2.82. The van der Waals surface area contributed by atoms with Gasteiger partial charge < -0.3 is 10.3 Å². The number of nitrogens with one attached hydrogen (secondary N) is 1. The van der Waals surface area contributed by atoms with E-state index < -0.39 is 0 Å². The van der Waals surface area contributed by atoms with Crippen LogP contribution in [0.4, 0.5) is 11.6 Å². The summed E-state index contributed by atoms with van der Waals surface area (Å²) in [4.78, 5) is 10.9. The van der Waals surface area contributed by atoms with Crippen LogP contribution in [0.1, 0.15) is 32.1 Å². The Hall–Kier alpha value is -1.36. The molecule has 88 valence electrons. The van der Waals surface area contributed by atoms with Crippen LogP contribution in [0, 0.1) is 0 Å². The fourth-order valence-corrected chi connectivity index (χ4v) is 2.05. The molecule has 0 aliphatic carbocycles. The molecular weight excluding hydrogens is 202 g/mol. The van der Waals surface area contributed by atoms with Gasteiger partial charge in [-0.3, -0.25) is 4.98 Å². The van der Waals surface area contributed by atoms with Crippen LogP contribution in [-0.4, -0.2) is 23.1 Å². The van der Waals surface area contributed by atoms with Crippen molar-refractivity contribution in [3.8, 4) is 0 Å². The van der Waals surface area contributed by atoms with Crippen LogP contribution in [0.3, 0.4) is 0 Å². The van der Waals surface area contributed by atoms with Gasteiger partial charge in [-0.15, -0.1) is 0 Å². The minimum absolute atomic E-state index is 0.625. The number of nitrogens with zero attached hydrogens (tertiary/aromatic N) is 3. The number of rotatable bonds is 2. The van der Waals surface area contributed by atoms with Crippen molar-refractivity contribution < 1.29 is 0 Å². The summed E-state index contributed by atoms with van der Waals surface area (Å²) in [7, 11) is 0. The first-order chi connectivity index (χ1) is 7.90. The molecule has 0 atom stereocenters. The summed E-state index contributed by atoms with van der Waals surface area (Å²) in [5.74, 6) is 6.89. The topological polar surface area (TPSA) is 67.1 Å². The number of nitrogen functional groups attached to an aromatic ring is 1. The van der Waals surface area contributed by atoms with E-state index in [9.17, 15) is 0 Å². The van der Waals surface area contributed by atoms with E-state index in [1.807, 2.05) is 6.20 Å². The summed E-state index contributed by atoms with van der Waals surface area (Å²) in [6.07, 6.45) is 9.92. The van der Waals surface area contributed by atoms with E-state index in [2.05, 4.69) is 20.3 Å². The average molecular weight is 221 g/mol. The molecule has 0 spiro atoms. The summed E-state index contributed by atoms with van der Waals surface area (Å²) >= 11 is 0. The maximum atomic E-state index is 5.33. The van der Waals surface area contributed by atoms with Gasteiger partial charge in [0.05, 0.1) is 12.4 Å². The molecule has 1 aliphatic heterocycles. The Labute approximate surface area is 96.0 Å². The van der Waals surface area contributed by atoms with Gasteiger partial charge in [-0.05, 0) is 12.8 Å². The van der Waals surface area contributed by atoms with Crippen molar-refractivity contribution in [2.75, 3.05) is 23.4 Å². The zero-order valence-corrected chi connectivity index (χ0v) is 9.52. The third-order valence-electron chi connectivity index (χ3n) is 2.95. The van der Waals surface area contributed by atoms with Crippen molar-refractivity contribution in [2.24, 2.45) is 5.84 Å². The molecule has 0 radical (unpaired) electrons. The molecule has 0 amide bonds.